The van der Waals surface area contributed by atoms with Crippen molar-refractivity contribution >= 4 is 11.5 Å². The monoisotopic (exact) mass is 192 g/mol. The second-order valence-electron chi connectivity index (χ2n) is 3.24. The maximum absolute atomic E-state index is 10.6. The number of hydrogen-bond acceptors (Lipinski definition) is 2. The molecule has 0 fully saturated rings. The van der Waals surface area contributed by atoms with Crippen molar-refractivity contribution < 1.29 is 15.0 Å². The molecule has 0 unspecified atom stereocenters. The second-order valence-corrected chi connectivity index (χ2v) is 3.24. The summed E-state index contributed by atoms with van der Waals surface area (Å²) in [6, 6.07) is 3.17. The molecule has 0 bridgehead atoms. The van der Waals surface area contributed by atoms with Crippen LogP contribution in [0.15, 0.2) is 18.7 Å². The van der Waals surface area contributed by atoms with E-state index in [4.69, 9.17) is 5.11 Å². The number of carbonyl (C=O) groups is 1. The lowest BCUT2D eigenvalue weighted by Crippen LogP contribution is -1.99. The Kier molecular flexibility index (Phi) is 2.60. The molecule has 1 rings (SSSR count). The van der Waals surface area contributed by atoms with Gasteiger partial charge in [-0.05, 0) is 37.1 Å². The lowest BCUT2D eigenvalue weighted by molar-refractivity contribution is -0.130. The van der Waals surface area contributed by atoms with Crippen LogP contribution >= 0.6 is 0 Å². The van der Waals surface area contributed by atoms with Crippen molar-refractivity contribution in [1.82, 2.24) is 0 Å². The molecule has 0 aromatic heterocycles. The number of carboxylic acids is 1. The van der Waals surface area contributed by atoms with Crippen LogP contribution in [-0.2, 0) is 4.79 Å². The quantitative estimate of drug-likeness (QED) is 0.705. The largest absolute Gasteiger partial charge is 0.507 e. The number of phenols is 1. The third kappa shape index (κ3) is 1.76. The van der Waals surface area contributed by atoms with E-state index in [1.165, 1.54) is 0 Å². The van der Waals surface area contributed by atoms with Crippen molar-refractivity contribution in [2.75, 3.05) is 0 Å². The van der Waals surface area contributed by atoms with E-state index in [1.54, 1.807) is 12.1 Å². The van der Waals surface area contributed by atoms with Crippen molar-refractivity contribution in [3.05, 3.63) is 35.4 Å². The highest BCUT2D eigenvalue weighted by Gasteiger charge is 2.12. The molecule has 3 nitrogen and oxygen atoms in total. The molecule has 0 aliphatic heterocycles. The van der Waals surface area contributed by atoms with E-state index >= 15 is 0 Å². The molecule has 0 aliphatic carbocycles. The van der Waals surface area contributed by atoms with Gasteiger partial charge in [-0.3, -0.25) is 0 Å². The van der Waals surface area contributed by atoms with Gasteiger partial charge in [-0.25, -0.2) is 4.79 Å². The fourth-order valence-electron chi connectivity index (χ4n) is 1.16. The third-order valence-corrected chi connectivity index (χ3v) is 2.20. The molecule has 0 heterocycles. The number of aliphatic carboxylic acids is 1. The average Bonchev–Trinajstić information content (AvgIpc) is 2.10. The highest BCUT2D eigenvalue weighted by Crippen LogP contribution is 2.27. The van der Waals surface area contributed by atoms with E-state index in [0.29, 0.717) is 0 Å². The minimum Gasteiger partial charge on any atom is -0.507 e. The van der Waals surface area contributed by atoms with Gasteiger partial charge in [0.05, 0.1) is 5.57 Å². The Bertz CT molecular complexity index is 405. The van der Waals surface area contributed by atoms with Crippen molar-refractivity contribution in [3.63, 3.8) is 0 Å². The summed E-state index contributed by atoms with van der Waals surface area (Å²) in [5.41, 5.74) is 2.04. The first-order valence-electron chi connectivity index (χ1n) is 4.16. The first-order chi connectivity index (χ1) is 6.43. The van der Waals surface area contributed by atoms with Gasteiger partial charge >= 0.3 is 5.97 Å². The first-order valence-corrected chi connectivity index (χ1v) is 4.16. The van der Waals surface area contributed by atoms with E-state index in [1.807, 2.05) is 13.8 Å². The highest BCUT2D eigenvalue weighted by atomic mass is 16.4. The molecule has 1 aromatic carbocycles. The summed E-state index contributed by atoms with van der Waals surface area (Å²) in [6.07, 6.45) is 0. The summed E-state index contributed by atoms with van der Waals surface area (Å²) in [4.78, 5) is 10.6. The van der Waals surface area contributed by atoms with Crippen LogP contribution in [0.2, 0.25) is 0 Å². The summed E-state index contributed by atoms with van der Waals surface area (Å²) in [7, 11) is 0. The number of aryl methyl sites for hydroxylation is 2. The second kappa shape index (κ2) is 3.54. The zero-order valence-electron chi connectivity index (χ0n) is 8.16. The summed E-state index contributed by atoms with van der Waals surface area (Å²) >= 11 is 0. The SMILES string of the molecule is C=C(C(=O)O)c1cc(C)c(C)cc1O. The summed E-state index contributed by atoms with van der Waals surface area (Å²) in [6.45, 7) is 7.10. The van der Waals surface area contributed by atoms with E-state index in [2.05, 4.69) is 6.58 Å². The molecular weight excluding hydrogens is 180 g/mol. The van der Waals surface area contributed by atoms with Crippen LogP contribution in [0.25, 0.3) is 5.57 Å². The molecule has 0 amide bonds. The molecule has 2 N–H and O–H groups in total. The molecule has 0 aliphatic rings. The van der Waals surface area contributed by atoms with Gasteiger partial charge in [0, 0.05) is 5.56 Å². The van der Waals surface area contributed by atoms with Crippen LogP contribution in [0, 0.1) is 13.8 Å². The highest BCUT2D eigenvalue weighted by molar-refractivity contribution is 6.15. The molecular formula is C11H12O3. The van der Waals surface area contributed by atoms with Crippen molar-refractivity contribution in [2.24, 2.45) is 0 Å². The van der Waals surface area contributed by atoms with E-state index in [-0.39, 0.29) is 16.9 Å². The van der Waals surface area contributed by atoms with E-state index < -0.39 is 5.97 Å². The topological polar surface area (TPSA) is 57.5 Å². The number of carboxylic acid groups (broad SMARTS) is 1. The fourth-order valence-corrected chi connectivity index (χ4v) is 1.16. The number of aromatic hydroxyl groups is 1. The van der Waals surface area contributed by atoms with E-state index in [9.17, 15) is 9.90 Å². The minimum atomic E-state index is -1.12. The molecule has 1 aromatic rings. The van der Waals surface area contributed by atoms with Crippen LogP contribution in [0.4, 0.5) is 0 Å². The Balaban J connectivity index is 3.29. The zero-order valence-corrected chi connectivity index (χ0v) is 8.16. The molecule has 0 radical (unpaired) electrons. The van der Waals surface area contributed by atoms with Gasteiger partial charge in [-0.1, -0.05) is 6.58 Å². The van der Waals surface area contributed by atoms with Crippen LogP contribution in [0.3, 0.4) is 0 Å². The first kappa shape index (κ1) is 10.3. The van der Waals surface area contributed by atoms with Crippen LogP contribution in [-0.4, -0.2) is 16.2 Å². The number of benzene rings is 1. The summed E-state index contributed by atoms with van der Waals surface area (Å²) in [5, 5.41) is 18.2. The lowest BCUT2D eigenvalue weighted by Gasteiger charge is -2.07. The van der Waals surface area contributed by atoms with Crippen LogP contribution < -0.4 is 0 Å². The molecule has 74 valence electrons. The van der Waals surface area contributed by atoms with Gasteiger partial charge in [0.2, 0.25) is 0 Å². The molecule has 3 heteroatoms. The number of rotatable bonds is 2. The van der Waals surface area contributed by atoms with Crippen molar-refractivity contribution in [1.29, 1.82) is 0 Å². The minimum absolute atomic E-state index is 0.0412. The predicted molar refractivity (Wildman–Crippen MR) is 54.3 cm³/mol. The predicted octanol–water partition coefficient (Wildman–Crippen LogP) is 2.11. The third-order valence-electron chi connectivity index (χ3n) is 2.20. The normalized spacial score (nSPS) is 9.86. The van der Waals surface area contributed by atoms with Crippen LogP contribution in [0.5, 0.6) is 5.75 Å². The van der Waals surface area contributed by atoms with Crippen LogP contribution in [0.1, 0.15) is 16.7 Å². The Morgan fingerprint density at radius 2 is 1.79 bits per heavy atom. The van der Waals surface area contributed by atoms with Gasteiger partial charge in [0.1, 0.15) is 5.75 Å². The Hall–Kier alpha value is -1.77. The smallest absolute Gasteiger partial charge is 0.335 e. The lowest BCUT2D eigenvalue weighted by atomic mass is 10.0. The number of hydrogen-bond donors (Lipinski definition) is 2. The fraction of sp³-hybridized carbons (Fsp3) is 0.182. The maximum Gasteiger partial charge on any atom is 0.335 e. The van der Waals surface area contributed by atoms with Crippen molar-refractivity contribution in [3.8, 4) is 5.75 Å². The molecule has 0 spiro atoms. The van der Waals surface area contributed by atoms with Crippen molar-refractivity contribution in [2.45, 2.75) is 13.8 Å². The number of phenolic OH excluding ortho intramolecular Hbond substituents is 1. The molecule has 0 saturated heterocycles. The van der Waals surface area contributed by atoms with Gasteiger partial charge < -0.3 is 10.2 Å². The van der Waals surface area contributed by atoms with Gasteiger partial charge in [0.15, 0.2) is 0 Å². The van der Waals surface area contributed by atoms with Gasteiger partial charge in [-0.15, -0.1) is 0 Å². The molecule has 0 saturated carbocycles. The summed E-state index contributed by atoms with van der Waals surface area (Å²) < 4.78 is 0. The molecule has 0 atom stereocenters. The average molecular weight is 192 g/mol. The standard InChI is InChI=1S/C11H12O3/c1-6-4-9(8(3)11(13)14)10(12)5-7(6)2/h4-5,12H,3H2,1-2H3,(H,13,14). The summed E-state index contributed by atoms with van der Waals surface area (Å²) in [5.74, 6) is -1.16. The Morgan fingerprint density at radius 3 is 2.29 bits per heavy atom. The Morgan fingerprint density at radius 1 is 1.29 bits per heavy atom. The van der Waals surface area contributed by atoms with E-state index in [0.717, 1.165) is 11.1 Å². The maximum atomic E-state index is 10.6. The zero-order chi connectivity index (χ0) is 10.9. The van der Waals surface area contributed by atoms with Gasteiger partial charge in [-0.2, -0.15) is 0 Å². The Labute approximate surface area is 82.3 Å². The molecule has 14 heavy (non-hydrogen) atoms. The van der Waals surface area contributed by atoms with Gasteiger partial charge in [0.25, 0.3) is 0 Å².